The van der Waals surface area contributed by atoms with Crippen molar-refractivity contribution >= 4 is 34.1 Å². The van der Waals surface area contributed by atoms with Gasteiger partial charge in [0.1, 0.15) is 29.1 Å². The molecule has 7 nitrogen and oxygen atoms in total. The first kappa shape index (κ1) is 21.2. The molecule has 0 amide bonds. The summed E-state index contributed by atoms with van der Waals surface area (Å²) < 4.78 is 29.4. The standard InChI is InChI=1S/C22H15ClF2N6O/c1-11(29-20-13(9-26)10-28-22(27)30-20)18-7-12-3-2-4-15(23)19(12)21(32)31(18)17-6-5-14(24)8-16(17)25/h2-8,10-11H,1H3,(H3,27,28,29,30)/t11-/m0/s1. The lowest BCUT2D eigenvalue weighted by atomic mass is 10.1. The van der Waals surface area contributed by atoms with Gasteiger partial charge in [-0.3, -0.25) is 9.36 Å². The summed E-state index contributed by atoms with van der Waals surface area (Å²) in [7, 11) is 0. The first-order valence-electron chi connectivity index (χ1n) is 9.39. The maximum absolute atomic E-state index is 14.7. The fraction of sp³-hybridized carbons (Fsp3) is 0.0909. The molecule has 0 saturated carbocycles. The third-order valence-corrected chi connectivity index (χ3v) is 5.21. The van der Waals surface area contributed by atoms with Gasteiger partial charge >= 0.3 is 0 Å². The van der Waals surface area contributed by atoms with Crippen LogP contribution < -0.4 is 16.6 Å². The molecule has 4 aromatic rings. The van der Waals surface area contributed by atoms with Crippen molar-refractivity contribution < 1.29 is 8.78 Å². The van der Waals surface area contributed by atoms with Crippen LogP contribution in [0.3, 0.4) is 0 Å². The van der Waals surface area contributed by atoms with Crippen molar-refractivity contribution in [2.75, 3.05) is 11.1 Å². The zero-order valence-electron chi connectivity index (χ0n) is 16.6. The molecule has 0 aliphatic heterocycles. The highest BCUT2D eigenvalue weighted by molar-refractivity contribution is 6.35. The molecule has 160 valence electrons. The molecule has 1 atom stereocenters. The number of benzene rings is 2. The molecule has 2 aromatic heterocycles. The second-order valence-electron chi connectivity index (χ2n) is 6.98. The molecule has 0 bridgehead atoms. The molecule has 4 rings (SSSR count). The largest absolute Gasteiger partial charge is 0.368 e. The lowest BCUT2D eigenvalue weighted by Gasteiger charge is -2.22. The van der Waals surface area contributed by atoms with Crippen LogP contribution in [0.1, 0.15) is 24.2 Å². The Balaban J connectivity index is 1.97. The van der Waals surface area contributed by atoms with Crippen LogP contribution >= 0.6 is 11.6 Å². The Bertz CT molecular complexity index is 1460. The molecule has 3 N–H and O–H groups in total. The number of pyridine rings is 1. The Morgan fingerprint density at radius 3 is 2.75 bits per heavy atom. The lowest BCUT2D eigenvalue weighted by molar-refractivity contribution is 0.574. The van der Waals surface area contributed by atoms with E-state index >= 15 is 0 Å². The van der Waals surface area contributed by atoms with Gasteiger partial charge in [-0.05, 0) is 36.6 Å². The molecular formula is C22H15ClF2N6O. The summed E-state index contributed by atoms with van der Waals surface area (Å²) in [4.78, 5) is 21.3. The van der Waals surface area contributed by atoms with E-state index in [2.05, 4.69) is 15.3 Å². The third kappa shape index (κ3) is 3.72. The first-order valence-corrected chi connectivity index (χ1v) is 9.76. The van der Waals surface area contributed by atoms with Gasteiger partial charge in [-0.15, -0.1) is 0 Å². The second kappa shape index (κ2) is 8.24. The fourth-order valence-corrected chi connectivity index (χ4v) is 3.70. The van der Waals surface area contributed by atoms with E-state index in [0.29, 0.717) is 17.1 Å². The van der Waals surface area contributed by atoms with Crippen molar-refractivity contribution in [1.29, 1.82) is 5.26 Å². The van der Waals surface area contributed by atoms with Crippen LogP contribution in [0.2, 0.25) is 5.02 Å². The van der Waals surface area contributed by atoms with Crippen LogP contribution in [0.25, 0.3) is 16.5 Å². The van der Waals surface area contributed by atoms with E-state index in [0.717, 1.165) is 10.6 Å². The molecule has 0 radical (unpaired) electrons. The van der Waals surface area contributed by atoms with Crippen molar-refractivity contribution in [3.8, 4) is 11.8 Å². The average Bonchev–Trinajstić information content (AvgIpc) is 2.74. The highest BCUT2D eigenvalue weighted by atomic mass is 35.5. The zero-order chi connectivity index (χ0) is 23.0. The van der Waals surface area contributed by atoms with E-state index in [4.69, 9.17) is 17.3 Å². The average molecular weight is 453 g/mol. The topological polar surface area (TPSA) is 110 Å². The SMILES string of the molecule is C[C@H](Nc1nc(N)ncc1C#N)c1cc2cccc(Cl)c2c(=O)n1-c1ccc(F)cc1F. The van der Waals surface area contributed by atoms with Gasteiger partial charge in [0.05, 0.1) is 28.3 Å². The Hall–Kier alpha value is -4.03. The van der Waals surface area contributed by atoms with E-state index in [-0.39, 0.29) is 33.4 Å². The second-order valence-corrected chi connectivity index (χ2v) is 7.39. The summed E-state index contributed by atoms with van der Waals surface area (Å²) in [6, 6.07) is 10.8. The van der Waals surface area contributed by atoms with Gasteiger partial charge in [-0.2, -0.15) is 10.2 Å². The predicted molar refractivity (Wildman–Crippen MR) is 118 cm³/mol. The van der Waals surface area contributed by atoms with Crippen LogP contribution in [-0.2, 0) is 0 Å². The van der Waals surface area contributed by atoms with Crippen molar-refractivity contribution in [2.24, 2.45) is 0 Å². The quantitative estimate of drug-likeness (QED) is 0.476. The Morgan fingerprint density at radius 1 is 1.25 bits per heavy atom. The number of aromatic nitrogens is 3. The fourth-order valence-electron chi connectivity index (χ4n) is 3.44. The minimum Gasteiger partial charge on any atom is -0.368 e. The van der Waals surface area contributed by atoms with E-state index < -0.39 is 23.2 Å². The number of halogens is 3. The van der Waals surface area contributed by atoms with Gasteiger partial charge in [0, 0.05) is 11.8 Å². The number of anilines is 2. The van der Waals surface area contributed by atoms with Gasteiger partial charge in [-0.1, -0.05) is 23.7 Å². The number of hydrogen-bond donors (Lipinski definition) is 2. The Kier molecular flexibility index (Phi) is 5.47. The van der Waals surface area contributed by atoms with Gasteiger partial charge < -0.3 is 11.1 Å². The van der Waals surface area contributed by atoms with Crippen LogP contribution in [0.5, 0.6) is 0 Å². The summed E-state index contributed by atoms with van der Waals surface area (Å²) in [5, 5.41) is 13.3. The maximum Gasteiger partial charge on any atom is 0.264 e. The van der Waals surface area contributed by atoms with Crippen molar-refractivity contribution in [1.82, 2.24) is 14.5 Å². The molecule has 2 aromatic carbocycles. The third-order valence-electron chi connectivity index (χ3n) is 4.90. The number of nitriles is 1. The highest BCUT2D eigenvalue weighted by Crippen LogP contribution is 2.28. The lowest BCUT2D eigenvalue weighted by Crippen LogP contribution is -2.27. The van der Waals surface area contributed by atoms with Crippen LogP contribution in [0, 0.1) is 23.0 Å². The summed E-state index contributed by atoms with van der Waals surface area (Å²) in [5.41, 5.74) is 5.38. The Morgan fingerprint density at radius 2 is 2.03 bits per heavy atom. The normalized spacial score (nSPS) is 11.8. The van der Waals surface area contributed by atoms with Gasteiger partial charge in [0.25, 0.3) is 5.56 Å². The number of nitrogens with zero attached hydrogens (tertiary/aromatic N) is 4. The van der Waals surface area contributed by atoms with Crippen molar-refractivity contribution in [2.45, 2.75) is 13.0 Å². The Labute approximate surface area is 185 Å². The minimum atomic E-state index is -0.920. The zero-order valence-corrected chi connectivity index (χ0v) is 17.4. The molecule has 2 heterocycles. The number of nitrogens with one attached hydrogen (secondary N) is 1. The molecule has 0 aliphatic rings. The van der Waals surface area contributed by atoms with Crippen LogP contribution in [-0.4, -0.2) is 14.5 Å². The highest BCUT2D eigenvalue weighted by Gasteiger charge is 2.21. The molecule has 0 spiro atoms. The number of hydrogen-bond acceptors (Lipinski definition) is 6. The molecule has 0 unspecified atom stereocenters. The monoisotopic (exact) mass is 452 g/mol. The number of fused-ring (bicyclic) bond motifs is 1. The van der Waals surface area contributed by atoms with E-state index in [1.807, 2.05) is 6.07 Å². The van der Waals surface area contributed by atoms with Crippen LogP contribution in [0.4, 0.5) is 20.5 Å². The smallest absolute Gasteiger partial charge is 0.264 e. The first-order chi connectivity index (χ1) is 15.3. The summed E-state index contributed by atoms with van der Waals surface area (Å²) in [5.74, 6) is -1.60. The summed E-state index contributed by atoms with van der Waals surface area (Å²) >= 11 is 6.26. The predicted octanol–water partition coefficient (Wildman–Crippen LogP) is 4.34. The molecule has 10 heteroatoms. The van der Waals surface area contributed by atoms with Gasteiger partial charge in [0.2, 0.25) is 5.95 Å². The van der Waals surface area contributed by atoms with Crippen molar-refractivity contribution in [3.05, 3.63) is 86.9 Å². The summed E-state index contributed by atoms with van der Waals surface area (Å²) in [6.07, 6.45) is 1.27. The minimum absolute atomic E-state index is 0.0500. The van der Waals surface area contributed by atoms with E-state index in [1.54, 1.807) is 31.2 Å². The molecule has 0 fully saturated rings. The molecular weight excluding hydrogens is 438 g/mol. The molecule has 32 heavy (non-hydrogen) atoms. The molecule has 0 saturated heterocycles. The van der Waals surface area contributed by atoms with E-state index in [1.165, 1.54) is 12.3 Å². The van der Waals surface area contributed by atoms with Crippen molar-refractivity contribution in [3.63, 3.8) is 0 Å². The van der Waals surface area contributed by atoms with Crippen LogP contribution in [0.15, 0.2) is 53.5 Å². The number of nitrogens with two attached hydrogens (primary N) is 1. The summed E-state index contributed by atoms with van der Waals surface area (Å²) in [6.45, 7) is 1.70. The number of nitrogen functional groups attached to an aromatic ring is 1. The number of rotatable bonds is 4. The van der Waals surface area contributed by atoms with Gasteiger partial charge in [0.15, 0.2) is 0 Å². The van der Waals surface area contributed by atoms with E-state index in [9.17, 15) is 18.8 Å². The maximum atomic E-state index is 14.7. The molecule has 0 aliphatic carbocycles. The van der Waals surface area contributed by atoms with Gasteiger partial charge in [-0.25, -0.2) is 13.8 Å².